The van der Waals surface area contributed by atoms with Crippen LogP contribution in [0.25, 0.3) is 0 Å². The molecule has 59 heavy (non-hydrogen) atoms. The summed E-state index contributed by atoms with van der Waals surface area (Å²) in [6.45, 7) is 8.07. The Balaban J connectivity index is 1.26. The number of benzene rings is 4. The van der Waals surface area contributed by atoms with Crippen molar-refractivity contribution < 1.29 is 57.6 Å². The van der Waals surface area contributed by atoms with Crippen LogP contribution in [0.3, 0.4) is 0 Å². The normalized spacial score (nSPS) is 29.2. The molecular formula is C47H58O12. The summed E-state index contributed by atoms with van der Waals surface area (Å²) in [7, 11) is 1.53. The first-order valence-corrected chi connectivity index (χ1v) is 20.3. The molecule has 0 aliphatic carbocycles. The van der Waals surface area contributed by atoms with Gasteiger partial charge in [-0.25, -0.2) is 0 Å². The first kappa shape index (κ1) is 43.5. The molecule has 0 amide bonds. The summed E-state index contributed by atoms with van der Waals surface area (Å²) in [6, 6.07) is 39.0. The highest BCUT2D eigenvalue weighted by atomic mass is 16.8. The van der Waals surface area contributed by atoms with Crippen LogP contribution in [0.4, 0.5) is 0 Å². The van der Waals surface area contributed by atoms with Gasteiger partial charge < -0.3 is 57.6 Å². The van der Waals surface area contributed by atoms with Gasteiger partial charge in [0.1, 0.15) is 61.0 Å². The second-order valence-corrected chi connectivity index (χ2v) is 16.2. The average molecular weight is 815 g/mol. The van der Waals surface area contributed by atoms with Crippen LogP contribution < -0.4 is 0 Å². The molecule has 3 heterocycles. The van der Waals surface area contributed by atoms with Gasteiger partial charge in [0.05, 0.1) is 33.0 Å². The maximum Gasteiger partial charge on any atom is 0.186 e. The topological polar surface area (TPSA) is 133 Å². The van der Waals surface area contributed by atoms with Crippen LogP contribution in [-0.4, -0.2) is 103 Å². The summed E-state index contributed by atoms with van der Waals surface area (Å²) in [5, 5.41) is 24.8. The molecule has 3 fully saturated rings. The number of hydrogen-bond acceptors (Lipinski definition) is 12. The predicted molar refractivity (Wildman–Crippen MR) is 216 cm³/mol. The molecule has 12 heteroatoms. The molecule has 0 spiro atoms. The molecule has 2 N–H and O–H groups in total. The van der Waals surface area contributed by atoms with Crippen molar-refractivity contribution >= 4 is 0 Å². The van der Waals surface area contributed by atoms with Gasteiger partial charge in [0.2, 0.25) is 0 Å². The van der Waals surface area contributed by atoms with E-state index in [1.807, 2.05) is 135 Å². The Kier molecular flexibility index (Phi) is 14.6. The van der Waals surface area contributed by atoms with Gasteiger partial charge in [0, 0.05) is 7.11 Å². The van der Waals surface area contributed by atoms with Crippen molar-refractivity contribution in [1.82, 2.24) is 0 Å². The molecule has 0 bridgehead atoms. The molecule has 3 saturated heterocycles. The molecular weight excluding hydrogens is 757 g/mol. The molecule has 318 valence electrons. The van der Waals surface area contributed by atoms with E-state index in [2.05, 4.69) is 0 Å². The zero-order chi connectivity index (χ0) is 41.4. The van der Waals surface area contributed by atoms with Gasteiger partial charge in [-0.3, -0.25) is 0 Å². The molecule has 3 aliphatic heterocycles. The Bertz CT molecular complexity index is 1830. The van der Waals surface area contributed by atoms with Gasteiger partial charge in [-0.1, -0.05) is 121 Å². The lowest BCUT2D eigenvalue weighted by molar-refractivity contribution is -0.339. The number of hydrogen-bond donors (Lipinski definition) is 2. The number of rotatable bonds is 18. The minimum absolute atomic E-state index is 0.0758. The smallest absolute Gasteiger partial charge is 0.186 e. The molecule has 11 atom stereocenters. The molecule has 4 aromatic carbocycles. The summed E-state index contributed by atoms with van der Waals surface area (Å²) in [4.78, 5) is 0. The molecule has 0 radical (unpaired) electrons. The second-order valence-electron chi connectivity index (χ2n) is 16.2. The zero-order valence-corrected chi connectivity index (χ0v) is 34.4. The summed E-state index contributed by atoms with van der Waals surface area (Å²) in [5.41, 5.74) is 3.65. The number of methoxy groups -OCH3 is 1. The minimum Gasteiger partial charge on any atom is -0.387 e. The third-order valence-corrected chi connectivity index (χ3v) is 10.8. The van der Waals surface area contributed by atoms with Crippen LogP contribution in [0.2, 0.25) is 0 Å². The third kappa shape index (κ3) is 11.2. The predicted octanol–water partition coefficient (Wildman–Crippen LogP) is 6.09. The first-order valence-electron chi connectivity index (χ1n) is 20.3. The van der Waals surface area contributed by atoms with Crippen molar-refractivity contribution in [2.24, 2.45) is 0 Å². The van der Waals surface area contributed by atoms with Crippen LogP contribution in [0, 0.1) is 0 Å². The average Bonchev–Trinajstić information content (AvgIpc) is 3.79. The summed E-state index contributed by atoms with van der Waals surface area (Å²) in [6.07, 6.45) is -11.4. The van der Waals surface area contributed by atoms with Crippen LogP contribution in [0.1, 0.15) is 49.9 Å². The van der Waals surface area contributed by atoms with Crippen molar-refractivity contribution in [3.05, 3.63) is 144 Å². The molecule has 0 unspecified atom stereocenters. The Morgan fingerprint density at radius 3 is 1.53 bits per heavy atom. The fraction of sp³-hybridized carbons (Fsp3) is 0.489. The minimum atomic E-state index is -1.61. The highest BCUT2D eigenvalue weighted by molar-refractivity contribution is 5.17. The van der Waals surface area contributed by atoms with Crippen LogP contribution in [0.15, 0.2) is 121 Å². The van der Waals surface area contributed by atoms with Crippen molar-refractivity contribution in [1.29, 1.82) is 0 Å². The van der Waals surface area contributed by atoms with E-state index in [9.17, 15) is 10.2 Å². The number of aliphatic hydroxyl groups excluding tert-OH is 2. The largest absolute Gasteiger partial charge is 0.387 e. The van der Waals surface area contributed by atoms with E-state index >= 15 is 0 Å². The van der Waals surface area contributed by atoms with E-state index < -0.39 is 78.9 Å². The molecule has 7 rings (SSSR count). The Hall–Kier alpha value is -3.60. The molecule has 12 nitrogen and oxygen atoms in total. The highest BCUT2D eigenvalue weighted by Crippen LogP contribution is 2.40. The second kappa shape index (κ2) is 19.9. The SMILES string of the molecule is CO[C@H]1O[C@H]([C@H](OCc2ccccc2)[C@H](O)[C@@H](O)[C@H]2OC(C)(C)O[C@@H]2[C@H]2COC(C)(C)O2)[C@@H](OCc2ccccc2)[C@H](OCc2ccccc2)[C@H]1OCc1ccccc1. The zero-order valence-electron chi connectivity index (χ0n) is 34.4. The number of aliphatic hydroxyl groups is 2. The van der Waals surface area contributed by atoms with E-state index in [1.54, 1.807) is 13.8 Å². The Morgan fingerprint density at radius 2 is 1.05 bits per heavy atom. The lowest BCUT2D eigenvalue weighted by Crippen LogP contribution is -2.66. The van der Waals surface area contributed by atoms with Crippen molar-refractivity contribution in [2.45, 2.75) is 133 Å². The molecule has 0 aromatic heterocycles. The van der Waals surface area contributed by atoms with Gasteiger partial charge in [0.25, 0.3) is 0 Å². The monoisotopic (exact) mass is 814 g/mol. The summed E-state index contributed by atoms with van der Waals surface area (Å²) < 4.78 is 64.6. The van der Waals surface area contributed by atoms with Gasteiger partial charge in [-0.15, -0.1) is 0 Å². The quantitative estimate of drug-likeness (QED) is 0.121. The fourth-order valence-electron chi connectivity index (χ4n) is 7.93. The fourth-order valence-corrected chi connectivity index (χ4v) is 7.93. The summed E-state index contributed by atoms with van der Waals surface area (Å²) >= 11 is 0. The van der Waals surface area contributed by atoms with Crippen LogP contribution in [0.5, 0.6) is 0 Å². The van der Waals surface area contributed by atoms with E-state index in [0.29, 0.717) is 0 Å². The van der Waals surface area contributed by atoms with Crippen LogP contribution >= 0.6 is 0 Å². The molecule has 3 aliphatic rings. The lowest BCUT2D eigenvalue weighted by atomic mass is 9.88. The van der Waals surface area contributed by atoms with E-state index in [1.165, 1.54) is 7.11 Å². The van der Waals surface area contributed by atoms with Crippen LogP contribution in [-0.2, 0) is 73.8 Å². The summed E-state index contributed by atoms with van der Waals surface area (Å²) in [5.74, 6) is -1.96. The van der Waals surface area contributed by atoms with Gasteiger partial charge >= 0.3 is 0 Å². The van der Waals surface area contributed by atoms with Gasteiger partial charge in [-0.2, -0.15) is 0 Å². The lowest BCUT2D eigenvalue weighted by Gasteiger charge is -2.48. The van der Waals surface area contributed by atoms with Crippen molar-refractivity contribution in [2.75, 3.05) is 13.7 Å². The van der Waals surface area contributed by atoms with E-state index in [-0.39, 0.29) is 33.0 Å². The van der Waals surface area contributed by atoms with Crippen molar-refractivity contribution in [3.63, 3.8) is 0 Å². The molecule has 0 saturated carbocycles. The van der Waals surface area contributed by atoms with Crippen molar-refractivity contribution in [3.8, 4) is 0 Å². The maximum atomic E-state index is 12.5. The Labute approximate surface area is 347 Å². The number of ether oxygens (including phenoxy) is 10. The maximum absolute atomic E-state index is 12.5. The Morgan fingerprint density at radius 1 is 0.576 bits per heavy atom. The van der Waals surface area contributed by atoms with E-state index in [4.69, 9.17) is 47.4 Å². The third-order valence-electron chi connectivity index (χ3n) is 10.8. The molecule has 4 aromatic rings. The van der Waals surface area contributed by atoms with E-state index in [0.717, 1.165) is 22.3 Å². The highest BCUT2D eigenvalue weighted by Gasteiger charge is 2.57. The standard InChI is InChI=1S/C47H58O12/c1-46(2)55-30-35(57-46)38-40(59-47(3,4)58-38)37(49)36(48)39(51-26-31-18-10-6-11-19-31)43-41(52-27-32-20-12-7-13-21-32)42(53-28-33-22-14-8-15-23-33)44(45(50-5)56-43)54-29-34-24-16-9-17-25-34/h6-25,35-45,48-49H,26-30H2,1-5H3/t35-,36-,37-,38-,39-,40-,41+,42+,43-,44-,45+/m1/s1. The van der Waals surface area contributed by atoms with Gasteiger partial charge in [0.15, 0.2) is 17.9 Å². The van der Waals surface area contributed by atoms with Gasteiger partial charge in [-0.05, 0) is 49.9 Å². The first-order chi connectivity index (χ1) is 28.5.